The molecule has 1 saturated heterocycles. The van der Waals surface area contributed by atoms with Crippen LogP contribution in [0.3, 0.4) is 0 Å². The molecule has 42 heavy (non-hydrogen) atoms. The molecule has 2 aromatic rings. The predicted octanol–water partition coefficient (Wildman–Crippen LogP) is 8.99. The van der Waals surface area contributed by atoms with Crippen molar-refractivity contribution in [3.63, 3.8) is 0 Å². The second-order valence-corrected chi connectivity index (χ2v) is 11.4. The van der Waals surface area contributed by atoms with E-state index < -0.39 is 29.5 Å². The number of carbonyl (C=O) groups is 1. The smallest absolute Gasteiger partial charge is 0.344 e. The van der Waals surface area contributed by atoms with Gasteiger partial charge in [-0.05, 0) is 73.5 Å². The average Bonchev–Trinajstić information content (AvgIpc) is 3.21. The van der Waals surface area contributed by atoms with Crippen molar-refractivity contribution in [1.29, 1.82) is 0 Å². The maximum Gasteiger partial charge on any atom is 0.416 e. The molecule has 0 radical (unpaired) electrons. The van der Waals surface area contributed by atoms with Gasteiger partial charge < -0.3 is 4.90 Å². The van der Waals surface area contributed by atoms with Gasteiger partial charge in [0.25, 0.3) is 0 Å². The molecule has 0 N–H and O–H groups in total. The normalized spacial score (nSPS) is 18.4. The third kappa shape index (κ3) is 9.52. The van der Waals surface area contributed by atoms with Gasteiger partial charge in [-0.3, -0.25) is 9.69 Å². The van der Waals surface area contributed by atoms with E-state index in [1.54, 1.807) is 7.05 Å². The number of halogens is 8. The van der Waals surface area contributed by atoms with E-state index in [-0.39, 0.29) is 55.3 Å². The van der Waals surface area contributed by atoms with Gasteiger partial charge in [0, 0.05) is 13.6 Å². The Bertz CT molecular complexity index is 1080. The van der Waals surface area contributed by atoms with Crippen LogP contribution in [0.1, 0.15) is 79.7 Å². The topological polar surface area (TPSA) is 23.6 Å². The van der Waals surface area contributed by atoms with E-state index in [1.807, 2.05) is 30.3 Å². The summed E-state index contributed by atoms with van der Waals surface area (Å²) in [5.41, 5.74) is -1.96. The standard InChI is InChI=1S/C31H38F6N2O.2ClH/c1-38(16-13-22-19-26(30(32,33)34)21-27(20-22)31(35,36)37)29(40)28(25-11-7-4-8-12-25)39-17-14-24(15-18-39)23-9-5-2-3-6-10-23;;/h4,7-8,11-12,19-21,23-24,28H,2-3,5-6,9-10,13-18H2,1H3;2*1H. The van der Waals surface area contributed by atoms with Gasteiger partial charge in [-0.25, -0.2) is 0 Å². The first-order valence-corrected chi connectivity index (χ1v) is 14.3. The molecule has 1 aliphatic carbocycles. The number of alkyl halides is 6. The molecule has 2 aromatic carbocycles. The number of hydrogen-bond acceptors (Lipinski definition) is 2. The second kappa shape index (κ2) is 15.7. The van der Waals surface area contributed by atoms with Crippen molar-refractivity contribution in [2.75, 3.05) is 26.7 Å². The zero-order valence-electron chi connectivity index (χ0n) is 23.7. The van der Waals surface area contributed by atoms with Crippen LogP contribution in [-0.2, 0) is 23.6 Å². The highest BCUT2D eigenvalue weighted by molar-refractivity contribution is 5.85. The minimum absolute atomic E-state index is 0. The molecule has 3 nitrogen and oxygen atoms in total. The number of rotatable bonds is 7. The molecule has 236 valence electrons. The fraction of sp³-hybridized carbons (Fsp3) is 0.581. The molecule has 1 unspecified atom stereocenters. The number of amides is 1. The summed E-state index contributed by atoms with van der Waals surface area (Å²) in [6, 6.07) is 10.5. The third-order valence-corrected chi connectivity index (χ3v) is 8.61. The van der Waals surface area contributed by atoms with Gasteiger partial charge in [0.1, 0.15) is 6.04 Å². The number of benzene rings is 2. The first-order chi connectivity index (χ1) is 18.9. The van der Waals surface area contributed by atoms with Crippen LogP contribution in [-0.4, -0.2) is 42.4 Å². The fourth-order valence-corrected chi connectivity index (χ4v) is 6.36. The summed E-state index contributed by atoms with van der Waals surface area (Å²) in [5, 5.41) is 0. The van der Waals surface area contributed by atoms with Gasteiger partial charge >= 0.3 is 12.4 Å². The van der Waals surface area contributed by atoms with Gasteiger partial charge in [-0.1, -0.05) is 68.9 Å². The fourth-order valence-electron chi connectivity index (χ4n) is 6.36. The van der Waals surface area contributed by atoms with Crippen molar-refractivity contribution in [2.24, 2.45) is 11.8 Å². The van der Waals surface area contributed by atoms with E-state index in [1.165, 1.54) is 43.4 Å². The Morgan fingerprint density at radius 3 is 1.81 bits per heavy atom. The Morgan fingerprint density at radius 1 is 0.810 bits per heavy atom. The van der Waals surface area contributed by atoms with Gasteiger partial charge in [0.15, 0.2) is 0 Å². The Morgan fingerprint density at radius 2 is 1.31 bits per heavy atom. The van der Waals surface area contributed by atoms with Crippen LogP contribution in [0.4, 0.5) is 26.3 Å². The summed E-state index contributed by atoms with van der Waals surface area (Å²) >= 11 is 0. The lowest BCUT2D eigenvalue weighted by molar-refractivity contribution is -0.143. The lowest BCUT2D eigenvalue weighted by atomic mass is 9.79. The van der Waals surface area contributed by atoms with Crippen LogP contribution in [0.5, 0.6) is 0 Å². The van der Waals surface area contributed by atoms with Gasteiger partial charge in [0.05, 0.1) is 11.1 Å². The van der Waals surface area contributed by atoms with E-state index >= 15 is 0 Å². The van der Waals surface area contributed by atoms with Gasteiger partial charge in [-0.15, -0.1) is 24.8 Å². The summed E-state index contributed by atoms with van der Waals surface area (Å²) in [6.07, 6.45) is -0.133. The summed E-state index contributed by atoms with van der Waals surface area (Å²) in [5.74, 6) is 1.19. The first-order valence-electron chi connectivity index (χ1n) is 14.3. The van der Waals surface area contributed by atoms with E-state index in [0.29, 0.717) is 5.92 Å². The summed E-state index contributed by atoms with van der Waals surface area (Å²) in [7, 11) is 1.56. The molecule has 1 aliphatic heterocycles. The molecule has 11 heteroatoms. The van der Waals surface area contributed by atoms with Crippen LogP contribution in [0.15, 0.2) is 48.5 Å². The van der Waals surface area contributed by atoms with Gasteiger partial charge in [-0.2, -0.15) is 26.3 Å². The van der Waals surface area contributed by atoms with E-state index in [0.717, 1.165) is 49.5 Å². The number of carbonyl (C=O) groups excluding carboxylic acids is 1. The Balaban J connectivity index is 0.00000308. The van der Waals surface area contributed by atoms with Crippen molar-refractivity contribution in [2.45, 2.75) is 76.2 Å². The summed E-state index contributed by atoms with van der Waals surface area (Å²) in [6.45, 7) is 1.56. The molecule has 0 aromatic heterocycles. The molecule has 1 heterocycles. The predicted molar refractivity (Wildman–Crippen MR) is 157 cm³/mol. The maximum atomic E-state index is 13.8. The van der Waals surface area contributed by atoms with Crippen LogP contribution in [0.2, 0.25) is 0 Å². The minimum Gasteiger partial charge on any atom is -0.344 e. The molecule has 1 saturated carbocycles. The lowest BCUT2D eigenvalue weighted by Gasteiger charge is -2.40. The highest BCUT2D eigenvalue weighted by atomic mass is 35.5. The number of likely N-dealkylation sites (tertiary alicyclic amines) is 1. The quantitative estimate of drug-likeness (QED) is 0.223. The van der Waals surface area contributed by atoms with Crippen molar-refractivity contribution in [3.8, 4) is 0 Å². The lowest BCUT2D eigenvalue weighted by Crippen LogP contribution is -2.46. The zero-order valence-corrected chi connectivity index (χ0v) is 25.4. The minimum atomic E-state index is -4.90. The largest absolute Gasteiger partial charge is 0.416 e. The Labute approximate surface area is 256 Å². The Kier molecular flexibility index (Phi) is 13.5. The molecule has 0 bridgehead atoms. The van der Waals surface area contributed by atoms with Crippen LogP contribution < -0.4 is 0 Å². The molecule has 2 aliphatic rings. The molecular weight excluding hydrogens is 601 g/mol. The molecule has 1 amide bonds. The molecule has 1 atom stereocenters. The zero-order chi connectivity index (χ0) is 28.9. The maximum absolute atomic E-state index is 13.8. The van der Waals surface area contributed by atoms with Crippen molar-refractivity contribution in [3.05, 3.63) is 70.8 Å². The van der Waals surface area contributed by atoms with E-state index in [9.17, 15) is 31.1 Å². The molecule has 2 fully saturated rings. The number of likely N-dealkylation sites (N-methyl/N-ethyl adjacent to an activating group) is 1. The second-order valence-electron chi connectivity index (χ2n) is 11.4. The number of hydrogen-bond donors (Lipinski definition) is 0. The summed E-state index contributed by atoms with van der Waals surface area (Å²) in [4.78, 5) is 17.4. The van der Waals surface area contributed by atoms with Crippen molar-refractivity contribution in [1.82, 2.24) is 9.80 Å². The number of piperidine rings is 1. The Hall–Kier alpha value is -1.97. The van der Waals surface area contributed by atoms with E-state index in [2.05, 4.69) is 4.90 Å². The highest BCUT2D eigenvalue weighted by Crippen LogP contribution is 2.38. The van der Waals surface area contributed by atoms with Crippen molar-refractivity contribution < 1.29 is 31.1 Å². The SMILES string of the molecule is CN(CCc1cc(C(F)(F)F)cc(C(F)(F)F)c1)C(=O)C(c1ccccc1)N1CCC(C2CCCCCC2)CC1.Cl.Cl. The monoisotopic (exact) mass is 640 g/mol. The molecular formula is C31H40Cl2F6N2O. The number of nitrogens with zero attached hydrogens (tertiary/aromatic N) is 2. The van der Waals surface area contributed by atoms with Gasteiger partial charge in [0.2, 0.25) is 5.91 Å². The van der Waals surface area contributed by atoms with Crippen LogP contribution >= 0.6 is 24.8 Å². The van der Waals surface area contributed by atoms with Crippen LogP contribution in [0, 0.1) is 11.8 Å². The van der Waals surface area contributed by atoms with Crippen LogP contribution in [0.25, 0.3) is 0 Å². The average molecular weight is 642 g/mol. The third-order valence-electron chi connectivity index (χ3n) is 8.61. The highest BCUT2D eigenvalue weighted by Gasteiger charge is 2.38. The van der Waals surface area contributed by atoms with Crippen molar-refractivity contribution >= 4 is 30.7 Å². The first kappa shape index (κ1) is 36.2. The summed E-state index contributed by atoms with van der Waals surface area (Å²) < 4.78 is 79.7. The molecule has 0 spiro atoms. The van der Waals surface area contributed by atoms with E-state index in [4.69, 9.17) is 0 Å². The molecule has 4 rings (SSSR count).